The average Bonchev–Trinajstić information content (AvgIpc) is 2.28. The Bertz CT molecular complexity index is 306. The minimum absolute atomic E-state index is 0.283. The summed E-state index contributed by atoms with van der Waals surface area (Å²) in [5.74, 6) is 0.785. The van der Waals surface area contributed by atoms with Crippen LogP contribution < -0.4 is 5.32 Å². The van der Waals surface area contributed by atoms with Gasteiger partial charge in [-0.2, -0.15) is 0 Å². The Morgan fingerprint density at radius 3 is 2.81 bits per heavy atom. The van der Waals surface area contributed by atoms with Crippen LogP contribution in [0.5, 0.6) is 0 Å². The Morgan fingerprint density at radius 2 is 2.19 bits per heavy atom. The van der Waals surface area contributed by atoms with Crippen molar-refractivity contribution in [3.05, 3.63) is 17.5 Å². The molecule has 0 spiro atoms. The summed E-state index contributed by atoms with van der Waals surface area (Å²) in [6.07, 6.45) is 2.84. The maximum Gasteiger partial charge on any atom is 0.224 e. The Morgan fingerprint density at radius 1 is 1.38 bits per heavy atom. The van der Waals surface area contributed by atoms with Gasteiger partial charge in [-0.3, -0.25) is 0 Å². The number of nitrogens with one attached hydrogen (secondary N) is 1. The van der Waals surface area contributed by atoms with Crippen LogP contribution in [-0.2, 0) is 0 Å². The number of nitrogens with zero attached hydrogens (tertiary/aromatic N) is 3. The number of anilines is 1. The molecular formula is C11H19ClN4. The summed E-state index contributed by atoms with van der Waals surface area (Å²) >= 11 is 5.69. The van der Waals surface area contributed by atoms with Crippen LogP contribution >= 0.6 is 11.6 Å². The van der Waals surface area contributed by atoms with E-state index in [9.17, 15) is 0 Å². The van der Waals surface area contributed by atoms with Crippen LogP contribution in [0.1, 0.15) is 20.3 Å². The summed E-state index contributed by atoms with van der Waals surface area (Å²) in [7, 11) is 0. The third kappa shape index (κ3) is 4.77. The summed E-state index contributed by atoms with van der Waals surface area (Å²) in [5.41, 5.74) is 0. The standard InChI is InChI=1S/C11H19ClN4/c1-3-8-16(4-2)9-7-13-10-5-6-14-11(12)15-10/h5-6H,3-4,7-9H2,1-2H3,(H,13,14,15). The molecule has 1 aromatic rings. The van der Waals surface area contributed by atoms with Crippen molar-refractivity contribution in [3.8, 4) is 0 Å². The van der Waals surface area contributed by atoms with Crippen LogP contribution in [0, 0.1) is 0 Å². The van der Waals surface area contributed by atoms with E-state index >= 15 is 0 Å². The molecule has 0 bridgehead atoms. The van der Waals surface area contributed by atoms with E-state index in [-0.39, 0.29) is 5.28 Å². The third-order valence-electron chi connectivity index (χ3n) is 2.35. The second-order valence-electron chi connectivity index (χ2n) is 3.57. The molecule has 1 heterocycles. The molecule has 0 unspecified atom stereocenters. The van der Waals surface area contributed by atoms with E-state index in [2.05, 4.69) is 34.0 Å². The van der Waals surface area contributed by atoms with Gasteiger partial charge in [-0.15, -0.1) is 0 Å². The molecule has 0 aliphatic carbocycles. The van der Waals surface area contributed by atoms with E-state index < -0.39 is 0 Å². The molecule has 90 valence electrons. The van der Waals surface area contributed by atoms with Crippen molar-refractivity contribution in [2.75, 3.05) is 31.5 Å². The van der Waals surface area contributed by atoms with Crippen molar-refractivity contribution < 1.29 is 0 Å². The quantitative estimate of drug-likeness (QED) is 0.745. The van der Waals surface area contributed by atoms with Crippen LogP contribution in [0.3, 0.4) is 0 Å². The second-order valence-corrected chi connectivity index (χ2v) is 3.91. The van der Waals surface area contributed by atoms with Gasteiger partial charge in [0.15, 0.2) is 0 Å². The van der Waals surface area contributed by atoms with Gasteiger partial charge in [0, 0.05) is 19.3 Å². The molecular weight excluding hydrogens is 224 g/mol. The maximum atomic E-state index is 5.69. The van der Waals surface area contributed by atoms with Crippen LogP contribution in [-0.4, -0.2) is 41.0 Å². The van der Waals surface area contributed by atoms with Gasteiger partial charge >= 0.3 is 0 Å². The highest BCUT2D eigenvalue weighted by Gasteiger charge is 2.00. The van der Waals surface area contributed by atoms with E-state index in [0.29, 0.717) is 0 Å². The molecule has 1 aromatic heterocycles. The van der Waals surface area contributed by atoms with Gasteiger partial charge in [0.25, 0.3) is 0 Å². The minimum Gasteiger partial charge on any atom is -0.369 e. The average molecular weight is 243 g/mol. The summed E-state index contributed by atoms with van der Waals surface area (Å²) in [6, 6.07) is 1.82. The van der Waals surface area contributed by atoms with Gasteiger partial charge in [0.05, 0.1) is 0 Å². The van der Waals surface area contributed by atoms with Crippen LogP contribution in [0.2, 0.25) is 5.28 Å². The largest absolute Gasteiger partial charge is 0.369 e. The molecule has 0 aliphatic heterocycles. The summed E-state index contributed by atoms with van der Waals surface area (Å²) in [5, 5.41) is 3.51. The SMILES string of the molecule is CCCN(CC)CCNc1ccnc(Cl)n1. The first kappa shape index (κ1) is 13.2. The molecule has 0 saturated carbocycles. The maximum absolute atomic E-state index is 5.69. The first-order chi connectivity index (χ1) is 7.76. The third-order valence-corrected chi connectivity index (χ3v) is 2.53. The van der Waals surface area contributed by atoms with Crippen molar-refractivity contribution >= 4 is 17.4 Å². The Labute approximate surface area is 102 Å². The predicted octanol–water partition coefficient (Wildman–Crippen LogP) is 2.27. The molecule has 0 aromatic carbocycles. The van der Waals surface area contributed by atoms with Gasteiger partial charge in [-0.1, -0.05) is 13.8 Å². The summed E-state index contributed by atoms with van der Waals surface area (Å²) in [6.45, 7) is 8.49. The lowest BCUT2D eigenvalue weighted by molar-refractivity contribution is 0.300. The Balaban J connectivity index is 2.29. The number of halogens is 1. The predicted molar refractivity (Wildman–Crippen MR) is 67.9 cm³/mol. The Hall–Kier alpha value is -0.870. The normalized spacial score (nSPS) is 10.8. The smallest absolute Gasteiger partial charge is 0.224 e. The number of rotatable bonds is 7. The second kappa shape index (κ2) is 7.41. The van der Waals surface area contributed by atoms with E-state index in [1.165, 1.54) is 6.42 Å². The Kier molecular flexibility index (Phi) is 6.11. The van der Waals surface area contributed by atoms with E-state index in [1.54, 1.807) is 6.20 Å². The number of aromatic nitrogens is 2. The van der Waals surface area contributed by atoms with Gasteiger partial charge in [-0.05, 0) is 37.2 Å². The van der Waals surface area contributed by atoms with Gasteiger partial charge < -0.3 is 10.2 Å². The highest BCUT2D eigenvalue weighted by atomic mass is 35.5. The van der Waals surface area contributed by atoms with Crippen molar-refractivity contribution in [2.45, 2.75) is 20.3 Å². The zero-order valence-electron chi connectivity index (χ0n) is 9.91. The highest BCUT2D eigenvalue weighted by molar-refractivity contribution is 6.28. The van der Waals surface area contributed by atoms with Gasteiger partial charge in [0.1, 0.15) is 5.82 Å². The lowest BCUT2D eigenvalue weighted by Gasteiger charge is -2.19. The monoisotopic (exact) mass is 242 g/mol. The van der Waals surface area contributed by atoms with E-state index in [4.69, 9.17) is 11.6 Å². The van der Waals surface area contributed by atoms with Crippen molar-refractivity contribution in [3.63, 3.8) is 0 Å². The van der Waals surface area contributed by atoms with Crippen molar-refractivity contribution in [1.29, 1.82) is 0 Å². The molecule has 4 nitrogen and oxygen atoms in total. The zero-order valence-corrected chi connectivity index (χ0v) is 10.7. The lowest BCUT2D eigenvalue weighted by atomic mass is 10.4. The topological polar surface area (TPSA) is 41.0 Å². The number of hydrogen-bond donors (Lipinski definition) is 1. The van der Waals surface area contributed by atoms with Crippen molar-refractivity contribution in [1.82, 2.24) is 14.9 Å². The molecule has 0 amide bonds. The van der Waals surface area contributed by atoms with E-state index in [1.807, 2.05) is 6.07 Å². The molecule has 0 fully saturated rings. The lowest BCUT2D eigenvalue weighted by Crippen LogP contribution is -2.29. The fraction of sp³-hybridized carbons (Fsp3) is 0.636. The van der Waals surface area contributed by atoms with Crippen LogP contribution in [0.25, 0.3) is 0 Å². The molecule has 0 saturated heterocycles. The summed E-state index contributed by atoms with van der Waals surface area (Å²) < 4.78 is 0. The zero-order chi connectivity index (χ0) is 11.8. The number of likely N-dealkylation sites (N-methyl/N-ethyl adjacent to an activating group) is 1. The molecule has 0 radical (unpaired) electrons. The molecule has 1 rings (SSSR count). The first-order valence-electron chi connectivity index (χ1n) is 5.71. The number of hydrogen-bond acceptors (Lipinski definition) is 4. The first-order valence-corrected chi connectivity index (χ1v) is 6.08. The summed E-state index contributed by atoms with van der Waals surface area (Å²) in [4.78, 5) is 10.3. The molecule has 5 heteroatoms. The minimum atomic E-state index is 0.283. The van der Waals surface area contributed by atoms with Gasteiger partial charge in [-0.25, -0.2) is 9.97 Å². The highest BCUT2D eigenvalue weighted by Crippen LogP contribution is 2.05. The fourth-order valence-electron chi connectivity index (χ4n) is 1.52. The molecule has 1 N–H and O–H groups in total. The molecule has 0 aliphatic rings. The van der Waals surface area contributed by atoms with E-state index in [0.717, 1.165) is 32.0 Å². The van der Waals surface area contributed by atoms with Crippen molar-refractivity contribution in [2.24, 2.45) is 0 Å². The van der Waals surface area contributed by atoms with Gasteiger partial charge in [0.2, 0.25) is 5.28 Å². The fourth-order valence-corrected chi connectivity index (χ4v) is 1.67. The van der Waals surface area contributed by atoms with Crippen LogP contribution in [0.4, 0.5) is 5.82 Å². The van der Waals surface area contributed by atoms with Crippen LogP contribution in [0.15, 0.2) is 12.3 Å². The molecule has 16 heavy (non-hydrogen) atoms. The molecule has 0 atom stereocenters.